The van der Waals surface area contributed by atoms with Crippen LogP contribution in [0.4, 0.5) is 0 Å². The highest BCUT2D eigenvalue weighted by molar-refractivity contribution is 7.89. The molecule has 0 fully saturated rings. The average Bonchev–Trinajstić information content (AvgIpc) is 2.67. The van der Waals surface area contributed by atoms with E-state index in [-0.39, 0.29) is 16.8 Å². The fourth-order valence-electron chi connectivity index (χ4n) is 2.72. The van der Waals surface area contributed by atoms with Crippen molar-refractivity contribution in [2.24, 2.45) is 0 Å². The molecule has 1 amide bonds. The summed E-state index contributed by atoms with van der Waals surface area (Å²) in [5.41, 5.74) is 1.62. The summed E-state index contributed by atoms with van der Waals surface area (Å²) in [4.78, 5) is 14.5. The summed E-state index contributed by atoms with van der Waals surface area (Å²) in [7, 11) is -0.320. The predicted molar refractivity (Wildman–Crippen MR) is 108 cm³/mol. The van der Waals surface area contributed by atoms with Crippen LogP contribution < -0.4 is 0 Å². The minimum atomic E-state index is -3.61. The molecule has 6 heteroatoms. The quantitative estimate of drug-likeness (QED) is 0.696. The van der Waals surface area contributed by atoms with Gasteiger partial charge in [-0.3, -0.25) is 4.79 Å². The minimum Gasteiger partial charge on any atom is -0.342 e. The number of carbonyl (C=O) groups excluding carboxylic acids is 1. The normalized spacial score (nSPS) is 11.8. The number of benzene rings is 2. The molecule has 0 aliphatic heterocycles. The molecule has 5 nitrogen and oxygen atoms in total. The van der Waals surface area contributed by atoms with Gasteiger partial charge in [0.15, 0.2) is 0 Å². The van der Waals surface area contributed by atoms with Crippen molar-refractivity contribution in [1.29, 1.82) is 0 Å². The summed E-state index contributed by atoms with van der Waals surface area (Å²) in [5, 5.41) is 0. The third kappa shape index (κ3) is 5.40. The molecule has 0 atom stereocenters. The van der Waals surface area contributed by atoms with Gasteiger partial charge in [-0.25, -0.2) is 8.42 Å². The molecule has 0 aliphatic carbocycles. The molecule has 0 spiro atoms. The summed E-state index contributed by atoms with van der Waals surface area (Å²) < 4.78 is 26.6. The van der Waals surface area contributed by atoms with Crippen molar-refractivity contribution in [3.8, 4) is 0 Å². The van der Waals surface area contributed by atoms with Crippen LogP contribution in [-0.2, 0) is 16.4 Å². The molecular formula is C21H28N2O3S. The van der Waals surface area contributed by atoms with E-state index in [1.54, 1.807) is 31.1 Å². The van der Waals surface area contributed by atoms with Gasteiger partial charge in [-0.05, 0) is 50.5 Å². The lowest BCUT2D eigenvalue weighted by atomic mass is 10.1. The van der Waals surface area contributed by atoms with Crippen molar-refractivity contribution in [2.75, 3.05) is 20.6 Å². The molecule has 2 rings (SSSR count). The van der Waals surface area contributed by atoms with E-state index in [1.165, 1.54) is 22.0 Å². The molecule has 0 saturated heterocycles. The lowest BCUT2D eigenvalue weighted by molar-refractivity contribution is 0.0793. The van der Waals surface area contributed by atoms with Gasteiger partial charge >= 0.3 is 0 Å². The van der Waals surface area contributed by atoms with E-state index in [9.17, 15) is 13.2 Å². The van der Waals surface area contributed by atoms with Crippen molar-refractivity contribution in [2.45, 2.75) is 37.6 Å². The second-order valence-electron chi connectivity index (χ2n) is 6.96. The first-order chi connectivity index (χ1) is 12.7. The van der Waals surface area contributed by atoms with Crippen LogP contribution in [0.3, 0.4) is 0 Å². The monoisotopic (exact) mass is 388 g/mol. The summed E-state index contributed by atoms with van der Waals surface area (Å²) in [6.45, 7) is 4.23. The van der Waals surface area contributed by atoms with Gasteiger partial charge in [0.2, 0.25) is 10.0 Å². The maximum atomic E-state index is 12.7. The van der Waals surface area contributed by atoms with Gasteiger partial charge in [-0.1, -0.05) is 36.4 Å². The highest BCUT2D eigenvalue weighted by atomic mass is 32.2. The van der Waals surface area contributed by atoms with Gasteiger partial charge in [0.05, 0.1) is 4.90 Å². The molecule has 146 valence electrons. The second kappa shape index (κ2) is 9.15. The third-order valence-electron chi connectivity index (χ3n) is 4.63. The maximum absolute atomic E-state index is 12.7. The highest BCUT2D eigenvalue weighted by Crippen LogP contribution is 2.18. The van der Waals surface area contributed by atoms with Crippen LogP contribution in [0.5, 0.6) is 0 Å². The Bertz CT molecular complexity index is 864. The molecule has 0 heterocycles. The van der Waals surface area contributed by atoms with E-state index in [0.29, 0.717) is 12.1 Å². The van der Waals surface area contributed by atoms with E-state index in [1.807, 2.05) is 32.0 Å². The molecule has 0 radical (unpaired) electrons. The molecule has 0 aromatic heterocycles. The summed E-state index contributed by atoms with van der Waals surface area (Å²) in [6, 6.07) is 16.2. The van der Waals surface area contributed by atoms with E-state index in [0.717, 1.165) is 12.8 Å². The first kappa shape index (κ1) is 21.1. The maximum Gasteiger partial charge on any atom is 0.253 e. The largest absolute Gasteiger partial charge is 0.342 e. The molecule has 2 aromatic carbocycles. The summed E-state index contributed by atoms with van der Waals surface area (Å²) >= 11 is 0. The van der Waals surface area contributed by atoms with Crippen LogP contribution in [0.15, 0.2) is 59.5 Å². The average molecular weight is 389 g/mol. The van der Waals surface area contributed by atoms with E-state index < -0.39 is 10.0 Å². The van der Waals surface area contributed by atoms with Crippen molar-refractivity contribution < 1.29 is 13.2 Å². The van der Waals surface area contributed by atoms with Crippen LogP contribution in [-0.4, -0.2) is 50.2 Å². The number of rotatable bonds is 8. The predicted octanol–water partition coefficient (Wildman–Crippen LogP) is 3.42. The number of carbonyl (C=O) groups is 1. The van der Waals surface area contributed by atoms with Crippen LogP contribution in [0, 0.1) is 0 Å². The lowest BCUT2D eigenvalue weighted by Gasteiger charge is -2.22. The Morgan fingerprint density at radius 3 is 2.30 bits per heavy atom. The Morgan fingerprint density at radius 2 is 1.67 bits per heavy atom. The van der Waals surface area contributed by atoms with Gasteiger partial charge in [-0.2, -0.15) is 4.31 Å². The van der Waals surface area contributed by atoms with Gasteiger partial charge < -0.3 is 4.90 Å². The molecule has 0 saturated carbocycles. The van der Waals surface area contributed by atoms with Crippen LogP contribution in [0.1, 0.15) is 36.2 Å². The van der Waals surface area contributed by atoms with Gasteiger partial charge in [-0.15, -0.1) is 0 Å². The fraction of sp³-hybridized carbons (Fsp3) is 0.381. The van der Waals surface area contributed by atoms with Crippen LogP contribution in [0.25, 0.3) is 0 Å². The van der Waals surface area contributed by atoms with Crippen molar-refractivity contribution in [3.05, 3.63) is 65.7 Å². The molecule has 0 unspecified atom stereocenters. The first-order valence-electron chi connectivity index (χ1n) is 9.11. The number of aryl methyl sites for hydroxylation is 1. The minimum absolute atomic E-state index is 0.141. The zero-order chi connectivity index (χ0) is 20.0. The highest BCUT2D eigenvalue weighted by Gasteiger charge is 2.24. The fourth-order valence-corrected chi connectivity index (χ4v) is 4.13. The second-order valence-corrected chi connectivity index (χ2v) is 8.96. The zero-order valence-corrected chi connectivity index (χ0v) is 17.2. The molecule has 0 N–H and O–H groups in total. The topological polar surface area (TPSA) is 57.7 Å². The van der Waals surface area contributed by atoms with E-state index in [4.69, 9.17) is 0 Å². The Labute approximate surface area is 162 Å². The van der Waals surface area contributed by atoms with Gasteiger partial charge in [0.1, 0.15) is 0 Å². The number of amides is 1. The van der Waals surface area contributed by atoms with Crippen LogP contribution >= 0.6 is 0 Å². The molecule has 0 bridgehead atoms. The molecule has 27 heavy (non-hydrogen) atoms. The Balaban J connectivity index is 2.06. The Kier molecular flexibility index (Phi) is 7.16. The van der Waals surface area contributed by atoms with Crippen LogP contribution in [0.2, 0.25) is 0 Å². The van der Waals surface area contributed by atoms with Gasteiger partial charge in [0.25, 0.3) is 5.91 Å². The first-order valence-corrected chi connectivity index (χ1v) is 10.5. The van der Waals surface area contributed by atoms with Gasteiger partial charge in [0, 0.05) is 32.2 Å². The number of nitrogens with zero attached hydrogens (tertiary/aromatic N) is 2. The molecule has 2 aromatic rings. The standard InChI is InChI=1S/C21H28N2O3S/c1-17(2)23(4)27(25,26)20-14-8-13-19(16-20)21(24)22(3)15-9-12-18-10-6-5-7-11-18/h5-8,10-11,13-14,16-17H,9,12,15H2,1-4H3. The summed E-state index contributed by atoms with van der Waals surface area (Å²) in [5.74, 6) is -0.174. The van der Waals surface area contributed by atoms with Crippen molar-refractivity contribution >= 4 is 15.9 Å². The smallest absolute Gasteiger partial charge is 0.253 e. The SMILES string of the molecule is CC(C)N(C)S(=O)(=O)c1cccc(C(=O)N(C)CCCc2ccccc2)c1. The summed E-state index contributed by atoms with van der Waals surface area (Å²) in [6.07, 6.45) is 1.74. The Hall–Kier alpha value is -2.18. The number of hydrogen-bond acceptors (Lipinski definition) is 3. The Morgan fingerprint density at radius 1 is 1.00 bits per heavy atom. The van der Waals surface area contributed by atoms with Crippen molar-refractivity contribution in [3.63, 3.8) is 0 Å². The van der Waals surface area contributed by atoms with E-state index in [2.05, 4.69) is 12.1 Å². The zero-order valence-electron chi connectivity index (χ0n) is 16.4. The number of sulfonamides is 1. The third-order valence-corrected chi connectivity index (χ3v) is 6.66. The molecular weight excluding hydrogens is 360 g/mol. The lowest BCUT2D eigenvalue weighted by Crippen LogP contribution is -2.33. The molecule has 0 aliphatic rings. The van der Waals surface area contributed by atoms with E-state index >= 15 is 0 Å². The number of hydrogen-bond donors (Lipinski definition) is 0. The van der Waals surface area contributed by atoms with Crippen molar-refractivity contribution in [1.82, 2.24) is 9.21 Å².